The van der Waals surface area contributed by atoms with Gasteiger partial charge in [0.05, 0.1) is 11.4 Å². The molecule has 15 heavy (non-hydrogen) atoms. The quantitative estimate of drug-likeness (QED) is 0.762. The van der Waals surface area contributed by atoms with Crippen molar-refractivity contribution >= 4 is 23.7 Å². The average molecular weight is 206 g/mol. The van der Waals surface area contributed by atoms with Crippen LogP contribution in [0.15, 0.2) is 24.3 Å². The van der Waals surface area contributed by atoms with E-state index in [2.05, 4.69) is 5.32 Å². The lowest BCUT2D eigenvalue weighted by atomic mass is 10.2. The largest absolute Gasteiger partial charge is 0.386 e. The van der Waals surface area contributed by atoms with Gasteiger partial charge in [0.25, 0.3) is 0 Å². The van der Waals surface area contributed by atoms with Crippen molar-refractivity contribution in [3.8, 4) is 0 Å². The number of amides is 2. The average Bonchev–Trinajstić information content (AvgIpc) is 2.30. The SMILES string of the molecule is CCC(=O)N(C=O)c1ccccc1NC. The van der Waals surface area contributed by atoms with Crippen LogP contribution in [-0.4, -0.2) is 19.4 Å². The smallest absolute Gasteiger partial charge is 0.233 e. The van der Waals surface area contributed by atoms with Gasteiger partial charge in [0.15, 0.2) is 0 Å². The fraction of sp³-hybridized carbons (Fsp3) is 0.273. The second kappa shape index (κ2) is 5.14. The van der Waals surface area contributed by atoms with Crippen LogP contribution in [0.2, 0.25) is 0 Å². The van der Waals surface area contributed by atoms with Crippen LogP contribution in [0.1, 0.15) is 13.3 Å². The summed E-state index contributed by atoms with van der Waals surface area (Å²) in [5.41, 5.74) is 1.34. The van der Waals surface area contributed by atoms with Crippen molar-refractivity contribution in [2.24, 2.45) is 0 Å². The molecule has 0 radical (unpaired) electrons. The van der Waals surface area contributed by atoms with Gasteiger partial charge in [-0.15, -0.1) is 0 Å². The number of carbonyl (C=O) groups is 2. The van der Waals surface area contributed by atoms with Gasteiger partial charge < -0.3 is 5.32 Å². The van der Waals surface area contributed by atoms with Crippen LogP contribution in [0.5, 0.6) is 0 Å². The minimum Gasteiger partial charge on any atom is -0.386 e. The van der Waals surface area contributed by atoms with Gasteiger partial charge in [0.2, 0.25) is 12.3 Å². The highest BCUT2D eigenvalue weighted by Gasteiger charge is 2.15. The van der Waals surface area contributed by atoms with E-state index < -0.39 is 0 Å². The molecule has 4 heteroatoms. The summed E-state index contributed by atoms with van der Waals surface area (Å²) in [5, 5.41) is 2.94. The molecule has 2 amide bonds. The Morgan fingerprint density at radius 3 is 2.67 bits per heavy atom. The Kier molecular flexibility index (Phi) is 3.85. The number of imide groups is 1. The Balaban J connectivity index is 3.11. The van der Waals surface area contributed by atoms with Crippen molar-refractivity contribution in [1.82, 2.24) is 0 Å². The molecule has 0 saturated carbocycles. The zero-order valence-electron chi connectivity index (χ0n) is 8.86. The summed E-state index contributed by atoms with van der Waals surface area (Å²) in [7, 11) is 1.75. The van der Waals surface area contributed by atoms with E-state index >= 15 is 0 Å². The maximum Gasteiger partial charge on any atom is 0.233 e. The van der Waals surface area contributed by atoms with Gasteiger partial charge in [-0.3, -0.25) is 14.5 Å². The molecule has 0 saturated heterocycles. The normalized spacial score (nSPS) is 9.47. The second-order valence-corrected chi connectivity index (χ2v) is 2.99. The predicted octanol–water partition coefficient (Wildman–Crippen LogP) is 1.63. The number of anilines is 2. The summed E-state index contributed by atoms with van der Waals surface area (Å²) in [5.74, 6) is -0.215. The molecule has 0 aromatic heterocycles. The summed E-state index contributed by atoms with van der Waals surface area (Å²) in [6.07, 6.45) is 0.846. The van der Waals surface area contributed by atoms with Gasteiger partial charge in [-0.1, -0.05) is 19.1 Å². The van der Waals surface area contributed by atoms with Crippen LogP contribution in [0, 0.1) is 0 Å². The number of nitrogens with one attached hydrogen (secondary N) is 1. The Bertz CT molecular complexity index is 363. The summed E-state index contributed by atoms with van der Waals surface area (Å²) in [6.45, 7) is 1.72. The van der Waals surface area contributed by atoms with Crippen LogP contribution in [0.4, 0.5) is 11.4 Å². The Labute approximate surface area is 88.9 Å². The summed E-state index contributed by atoms with van der Waals surface area (Å²) in [6, 6.07) is 7.17. The van der Waals surface area contributed by atoms with Gasteiger partial charge in [0.1, 0.15) is 0 Å². The molecule has 0 spiro atoms. The molecular formula is C11H14N2O2. The highest BCUT2D eigenvalue weighted by molar-refractivity contribution is 6.09. The topological polar surface area (TPSA) is 49.4 Å². The highest BCUT2D eigenvalue weighted by Crippen LogP contribution is 2.24. The van der Waals surface area contributed by atoms with Crippen molar-refractivity contribution in [2.75, 3.05) is 17.3 Å². The number of nitrogens with zero attached hydrogens (tertiary/aromatic N) is 1. The molecule has 1 aromatic carbocycles. The molecule has 4 nitrogen and oxygen atoms in total. The fourth-order valence-electron chi connectivity index (χ4n) is 1.32. The lowest BCUT2D eigenvalue weighted by Gasteiger charge is -2.17. The Morgan fingerprint density at radius 2 is 2.13 bits per heavy atom. The third-order valence-corrected chi connectivity index (χ3v) is 2.11. The molecule has 0 atom stereocenters. The fourth-order valence-corrected chi connectivity index (χ4v) is 1.32. The summed E-state index contributed by atoms with van der Waals surface area (Å²) >= 11 is 0. The molecule has 1 aromatic rings. The van der Waals surface area contributed by atoms with Gasteiger partial charge in [-0.25, -0.2) is 0 Å². The van der Waals surface area contributed by atoms with E-state index in [4.69, 9.17) is 0 Å². The van der Waals surface area contributed by atoms with Crippen LogP contribution < -0.4 is 10.2 Å². The summed E-state index contributed by atoms with van der Waals surface area (Å²) < 4.78 is 0. The molecule has 80 valence electrons. The second-order valence-electron chi connectivity index (χ2n) is 2.99. The molecule has 0 heterocycles. The first-order valence-corrected chi connectivity index (χ1v) is 4.78. The first-order valence-electron chi connectivity index (χ1n) is 4.78. The van der Waals surface area contributed by atoms with Crippen molar-refractivity contribution in [1.29, 1.82) is 0 Å². The minimum atomic E-state index is -0.215. The Morgan fingerprint density at radius 1 is 1.47 bits per heavy atom. The number of hydrogen-bond acceptors (Lipinski definition) is 3. The van der Waals surface area contributed by atoms with E-state index in [1.54, 1.807) is 26.1 Å². The third kappa shape index (κ3) is 2.34. The lowest BCUT2D eigenvalue weighted by molar-refractivity contribution is -0.121. The van der Waals surface area contributed by atoms with Crippen LogP contribution in [0.3, 0.4) is 0 Å². The summed E-state index contributed by atoms with van der Waals surface area (Å²) in [4.78, 5) is 23.4. The van der Waals surface area contributed by atoms with Gasteiger partial charge in [-0.2, -0.15) is 0 Å². The van der Waals surface area contributed by atoms with E-state index in [0.717, 1.165) is 10.6 Å². The van der Waals surface area contributed by atoms with E-state index in [9.17, 15) is 9.59 Å². The van der Waals surface area contributed by atoms with Crippen molar-refractivity contribution in [2.45, 2.75) is 13.3 Å². The molecule has 1 N–H and O–H groups in total. The maximum atomic E-state index is 11.5. The van der Waals surface area contributed by atoms with E-state index in [1.807, 2.05) is 12.1 Å². The molecule has 0 aliphatic carbocycles. The van der Waals surface area contributed by atoms with E-state index in [0.29, 0.717) is 18.5 Å². The molecule has 0 bridgehead atoms. The van der Waals surface area contributed by atoms with Gasteiger partial charge in [-0.05, 0) is 12.1 Å². The minimum absolute atomic E-state index is 0.215. The lowest BCUT2D eigenvalue weighted by Crippen LogP contribution is -2.29. The van der Waals surface area contributed by atoms with Crippen LogP contribution in [0.25, 0.3) is 0 Å². The molecule has 0 aliphatic rings. The zero-order chi connectivity index (χ0) is 11.3. The molecule has 0 unspecified atom stereocenters. The first-order chi connectivity index (χ1) is 7.24. The first kappa shape index (κ1) is 11.2. The number of carbonyl (C=O) groups excluding carboxylic acids is 2. The van der Waals surface area contributed by atoms with Crippen molar-refractivity contribution in [3.05, 3.63) is 24.3 Å². The molecule has 0 aliphatic heterocycles. The van der Waals surface area contributed by atoms with Gasteiger partial charge >= 0.3 is 0 Å². The standard InChI is InChI=1S/C11H14N2O2/c1-3-11(15)13(8-14)10-7-5-4-6-9(10)12-2/h4-8,12H,3H2,1-2H3. The number of para-hydroxylation sites is 2. The number of rotatable bonds is 4. The zero-order valence-corrected chi connectivity index (χ0v) is 8.86. The predicted molar refractivity (Wildman–Crippen MR) is 59.8 cm³/mol. The van der Waals surface area contributed by atoms with E-state index in [-0.39, 0.29) is 5.91 Å². The van der Waals surface area contributed by atoms with Gasteiger partial charge in [0, 0.05) is 13.5 Å². The van der Waals surface area contributed by atoms with Crippen LogP contribution >= 0.6 is 0 Å². The number of benzene rings is 1. The molecule has 1 rings (SSSR count). The third-order valence-electron chi connectivity index (χ3n) is 2.11. The van der Waals surface area contributed by atoms with Crippen molar-refractivity contribution < 1.29 is 9.59 Å². The van der Waals surface area contributed by atoms with Crippen LogP contribution in [-0.2, 0) is 9.59 Å². The maximum absolute atomic E-state index is 11.5. The Hall–Kier alpha value is -1.84. The monoisotopic (exact) mass is 206 g/mol. The van der Waals surface area contributed by atoms with E-state index in [1.165, 1.54) is 0 Å². The van der Waals surface area contributed by atoms with Crippen molar-refractivity contribution in [3.63, 3.8) is 0 Å². The molecular weight excluding hydrogens is 192 g/mol. The number of hydrogen-bond donors (Lipinski definition) is 1. The molecule has 0 fully saturated rings. The highest BCUT2D eigenvalue weighted by atomic mass is 16.2.